The molecule has 1 amide bonds. The van der Waals surface area contributed by atoms with E-state index < -0.39 is 11.6 Å². The average Bonchev–Trinajstić information content (AvgIpc) is 2.48. The smallest absolute Gasteiger partial charge is 0.303 e. The molecule has 1 aliphatic rings. The van der Waals surface area contributed by atoms with Crippen LogP contribution in [0.2, 0.25) is 5.02 Å². The molecule has 1 atom stereocenters. The summed E-state index contributed by atoms with van der Waals surface area (Å²) >= 11 is 6.05. The number of hydrogen-bond donors (Lipinski definition) is 0. The number of nitrogens with zero attached hydrogens (tertiary/aromatic N) is 2. The molecule has 0 N–H and O–H groups in total. The van der Waals surface area contributed by atoms with Gasteiger partial charge in [0.25, 0.3) is 5.91 Å². The fourth-order valence-electron chi connectivity index (χ4n) is 2.64. The van der Waals surface area contributed by atoms with Gasteiger partial charge in [0.2, 0.25) is 0 Å². The largest absolute Gasteiger partial charge is 0.487 e. The van der Waals surface area contributed by atoms with Gasteiger partial charge in [-0.1, -0.05) is 11.6 Å². The van der Waals surface area contributed by atoms with E-state index in [0.29, 0.717) is 23.9 Å². The predicted molar refractivity (Wildman–Crippen MR) is 85.3 cm³/mol. The normalized spacial score (nSPS) is 18.4. The Kier molecular flexibility index (Phi) is 5.46. The third-order valence-electron chi connectivity index (χ3n) is 3.61. The number of halogens is 1. The summed E-state index contributed by atoms with van der Waals surface area (Å²) in [5.41, 5.74) is -1.18. The van der Waals surface area contributed by atoms with Crippen LogP contribution in [0.25, 0.3) is 0 Å². The lowest BCUT2D eigenvalue weighted by Gasteiger charge is -2.37. The maximum Gasteiger partial charge on any atom is 0.303 e. The molecule has 2 heterocycles. The van der Waals surface area contributed by atoms with E-state index in [4.69, 9.17) is 21.1 Å². The van der Waals surface area contributed by atoms with Crippen molar-refractivity contribution in [3.8, 4) is 5.75 Å². The third kappa shape index (κ3) is 4.58. The van der Waals surface area contributed by atoms with Crippen LogP contribution in [0.3, 0.4) is 0 Å². The van der Waals surface area contributed by atoms with Gasteiger partial charge >= 0.3 is 5.97 Å². The molecule has 0 aliphatic carbocycles. The van der Waals surface area contributed by atoms with Gasteiger partial charge < -0.3 is 14.4 Å². The predicted octanol–water partition coefficient (Wildman–Crippen LogP) is 2.45. The van der Waals surface area contributed by atoms with E-state index in [1.165, 1.54) is 13.1 Å². The lowest BCUT2D eigenvalue weighted by molar-refractivity contribution is -0.169. The van der Waals surface area contributed by atoms with Crippen molar-refractivity contribution >= 4 is 23.5 Å². The van der Waals surface area contributed by atoms with Crippen LogP contribution in [0, 0.1) is 0 Å². The summed E-state index contributed by atoms with van der Waals surface area (Å²) in [5.74, 6) is -0.140. The molecular weight excluding hydrogens is 320 g/mol. The van der Waals surface area contributed by atoms with Gasteiger partial charge in [-0.25, -0.2) is 0 Å². The van der Waals surface area contributed by atoms with Crippen molar-refractivity contribution in [1.29, 1.82) is 0 Å². The van der Waals surface area contributed by atoms with Gasteiger partial charge in [-0.3, -0.25) is 14.6 Å². The standard InChI is InChI=1S/C16H21ClN2O4/c1-11(20)23-16(2,3)15(21)19-8-4-5-12(10-19)22-14-6-7-18-9-13(14)17/h6-7,9,12H,4-5,8,10H2,1-3H3. The van der Waals surface area contributed by atoms with E-state index in [1.807, 2.05) is 0 Å². The maximum absolute atomic E-state index is 12.6. The summed E-state index contributed by atoms with van der Waals surface area (Å²) in [4.78, 5) is 29.3. The molecule has 0 spiro atoms. The van der Waals surface area contributed by atoms with E-state index in [-0.39, 0.29) is 12.0 Å². The van der Waals surface area contributed by atoms with Crippen molar-refractivity contribution < 1.29 is 19.1 Å². The topological polar surface area (TPSA) is 68.7 Å². The van der Waals surface area contributed by atoms with Gasteiger partial charge in [0.15, 0.2) is 5.60 Å². The third-order valence-corrected chi connectivity index (χ3v) is 3.89. The van der Waals surface area contributed by atoms with Gasteiger partial charge in [0.1, 0.15) is 16.9 Å². The molecule has 126 valence electrons. The Morgan fingerprint density at radius 1 is 1.43 bits per heavy atom. The van der Waals surface area contributed by atoms with Crippen molar-refractivity contribution in [2.45, 2.75) is 45.3 Å². The zero-order valence-electron chi connectivity index (χ0n) is 13.5. The van der Waals surface area contributed by atoms with E-state index in [1.54, 1.807) is 31.0 Å². The van der Waals surface area contributed by atoms with Crippen LogP contribution < -0.4 is 4.74 Å². The molecule has 1 unspecified atom stereocenters. The Morgan fingerprint density at radius 3 is 2.83 bits per heavy atom. The zero-order chi connectivity index (χ0) is 17.0. The highest BCUT2D eigenvalue weighted by atomic mass is 35.5. The van der Waals surface area contributed by atoms with E-state index in [0.717, 1.165) is 12.8 Å². The number of piperidine rings is 1. The molecule has 6 nitrogen and oxygen atoms in total. The monoisotopic (exact) mass is 340 g/mol. The highest BCUT2D eigenvalue weighted by molar-refractivity contribution is 6.31. The first kappa shape index (κ1) is 17.5. The first-order chi connectivity index (χ1) is 10.8. The Bertz CT molecular complexity index is 591. The fraction of sp³-hybridized carbons (Fsp3) is 0.562. The molecule has 0 radical (unpaired) electrons. The quantitative estimate of drug-likeness (QED) is 0.787. The fourth-order valence-corrected chi connectivity index (χ4v) is 2.80. The Morgan fingerprint density at radius 2 is 2.17 bits per heavy atom. The van der Waals surface area contributed by atoms with Crippen LogP contribution in [-0.4, -0.2) is 46.6 Å². The molecule has 1 saturated heterocycles. The van der Waals surface area contributed by atoms with E-state index >= 15 is 0 Å². The summed E-state index contributed by atoms with van der Waals surface area (Å²) in [6.45, 7) is 5.54. The highest BCUT2D eigenvalue weighted by Crippen LogP contribution is 2.26. The number of ether oxygens (including phenoxy) is 2. The Balaban J connectivity index is 2.02. The molecule has 1 aliphatic heterocycles. The lowest BCUT2D eigenvalue weighted by atomic mass is 10.0. The second-order valence-electron chi connectivity index (χ2n) is 6.04. The van der Waals surface area contributed by atoms with Crippen molar-refractivity contribution in [2.24, 2.45) is 0 Å². The van der Waals surface area contributed by atoms with Gasteiger partial charge in [0, 0.05) is 31.9 Å². The van der Waals surface area contributed by atoms with Crippen LogP contribution in [-0.2, 0) is 14.3 Å². The molecule has 7 heteroatoms. The molecule has 0 aromatic carbocycles. The number of carbonyl (C=O) groups excluding carboxylic acids is 2. The Hall–Kier alpha value is -1.82. The number of amides is 1. The van der Waals surface area contributed by atoms with Crippen LogP contribution >= 0.6 is 11.6 Å². The molecule has 1 aromatic heterocycles. The van der Waals surface area contributed by atoms with Gasteiger partial charge in [-0.2, -0.15) is 0 Å². The minimum atomic E-state index is -1.18. The highest BCUT2D eigenvalue weighted by Gasteiger charge is 2.37. The number of hydrogen-bond acceptors (Lipinski definition) is 5. The maximum atomic E-state index is 12.6. The summed E-state index contributed by atoms with van der Waals surface area (Å²) in [6.07, 6.45) is 4.62. The van der Waals surface area contributed by atoms with Gasteiger partial charge in [-0.05, 0) is 26.7 Å². The van der Waals surface area contributed by atoms with Crippen LogP contribution in [0.15, 0.2) is 18.5 Å². The summed E-state index contributed by atoms with van der Waals surface area (Å²) in [7, 11) is 0. The average molecular weight is 341 g/mol. The first-order valence-electron chi connectivity index (χ1n) is 7.54. The van der Waals surface area contributed by atoms with Gasteiger partial charge in [-0.15, -0.1) is 0 Å². The van der Waals surface area contributed by atoms with Crippen LogP contribution in [0.5, 0.6) is 5.75 Å². The first-order valence-corrected chi connectivity index (χ1v) is 7.92. The second-order valence-corrected chi connectivity index (χ2v) is 6.45. The lowest BCUT2D eigenvalue weighted by Crippen LogP contribution is -2.52. The van der Waals surface area contributed by atoms with Crippen LogP contribution in [0.4, 0.5) is 0 Å². The van der Waals surface area contributed by atoms with Crippen molar-refractivity contribution in [1.82, 2.24) is 9.88 Å². The second kappa shape index (κ2) is 7.17. The number of likely N-dealkylation sites (tertiary alicyclic amines) is 1. The number of pyridine rings is 1. The minimum absolute atomic E-state index is 0.152. The minimum Gasteiger partial charge on any atom is -0.487 e. The Labute approximate surface area is 140 Å². The number of carbonyl (C=O) groups is 2. The SMILES string of the molecule is CC(=O)OC(C)(C)C(=O)N1CCCC(Oc2ccncc2Cl)C1. The van der Waals surface area contributed by atoms with E-state index in [2.05, 4.69) is 4.98 Å². The molecule has 23 heavy (non-hydrogen) atoms. The molecular formula is C16H21ClN2O4. The van der Waals surface area contributed by atoms with E-state index in [9.17, 15) is 9.59 Å². The van der Waals surface area contributed by atoms with Crippen molar-refractivity contribution in [3.05, 3.63) is 23.5 Å². The van der Waals surface area contributed by atoms with Crippen LogP contribution in [0.1, 0.15) is 33.6 Å². The number of esters is 1. The molecule has 1 aromatic rings. The molecule has 1 fully saturated rings. The zero-order valence-corrected chi connectivity index (χ0v) is 14.3. The summed E-state index contributed by atoms with van der Waals surface area (Å²) in [6, 6.07) is 1.70. The summed E-state index contributed by atoms with van der Waals surface area (Å²) in [5, 5.41) is 0.441. The molecule has 2 rings (SSSR count). The number of rotatable bonds is 4. The molecule has 0 saturated carbocycles. The molecule has 0 bridgehead atoms. The number of aromatic nitrogens is 1. The summed E-state index contributed by atoms with van der Waals surface area (Å²) < 4.78 is 11.0. The van der Waals surface area contributed by atoms with Gasteiger partial charge in [0.05, 0.1) is 6.54 Å². The van der Waals surface area contributed by atoms with Crippen molar-refractivity contribution in [2.75, 3.05) is 13.1 Å². The van der Waals surface area contributed by atoms with Crippen molar-refractivity contribution in [3.63, 3.8) is 0 Å².